The van der Waals surface area contributed by atoms with Crippen LogP contribution in [0, 0.1) is 0 Å². The molecule has 0 aliphatic rings. The van der Waals surface area contributed by atoms with Crippen LogP contribution in [0.25, 0.3) is 0 Å². The van der Waals surface area contributed by atoms with Crippen LogP contribution >= 0.6 is 35.0 Å². The number of hydrogen-bond donors (Lipinski definition) is 0. The van der Waals surface area contributed by atoms with Gasteiger partial charge in [0.05, 0.1) is 0 Å². The molecule has 0 atom stereocenters. The van der Waals surface area contributed by atoms with Crippen molar-refractivity contribution in [3.8, 4) is 0 Å². The van der Waals surface area contributed by atoms with Crippen molar-refractivity contribution in [2.24, 2.45) is 0 Å². The lowest BCUT2D eigenvalue weighted by molar-refractivity contribution is -0.109. The zero-order chi connectivity index (χ0) is 13.4. The van der Waals surface area contributed by atoms with Gasteiger partial charge in [-0.3, -0.25) is 4.79 Å². The van der Waals surface area contributed by atoms with Crippen molar-refractivity contribution in [3.05, 3.63) is 33.8 Å². The average Bonchev–Trinajstić information content (AvgIpc) is 2.30. The van der Waals surface area contributed by atoms with Crippen molar-refractivity contribution in [1.29, 1.82) is 0 Å². The Morgan fingerprint density at radius 2 is 1.72 bits per heavy atom. The molecule has 18 heavy (non-hydrogen) atoms. The lowest BCUT2D eigenvalue weighted by Gasteiger charge is -2.06. The number of carbonyl (C=O) groups excluding carboxylic acids is 1. The molecule has 1 aromatic rings. The van der Waals surface area contributed by atoms with Gasteiger partial charge < -0.3 is 0 Å². The summed E-state index contributed by atoms with van der Waals surface area (Å²) in [6.45, 7) is 1.62. The maximum Gasteiger partial charge on any atom is 0.185 e. The summed E-state index contributed by atoms with van der Waals surface area (Å²) in [5, 5.41) is 1.72. The average molecular weight is 305 g/mol. The normalized spacial score (nSPS) is 10.6. The van der Waals surface area contributed by atoms with E-state index in [0.29, 0.717) is 0 Å². The van der Waals surface area contributed by atoms with Crippen LogP contribution in [-0.4, -0.2) is 10.9 Å². The summed E-state index contributed by atoms with van der Waals surface area (Å²) in [5.41, 5.74) is 1.05. The predicted octanol–water partition coefficient (Wildman–Crippen LogP) is 5.38. The first-order chi connectivity index (χ1) is 8.61. The third-order valence-electron chi connectivity index (χ3n) is 2.69. The molecule has 4 heteroatoms. The van der Waals surface area contributed by atoms with E-state index in [9.17, 15) is 4.79 Å². The number of benzene rings is 1. The maximum absolute atomic E-state index is 10.7. The summed E-state index contributed by atoms with van der Waals surface area (Å²) in [7, 11) is 0. The van der Waals surface area contributed by atoms with E-state index in [1.54, 1.807) is 6.92 Å². The molecule has 1 nitrogen and oxygen atoms in total. The molecular formula is C14H18Cl2OS. The van der Waals surface area contributed by atoms with Crippen LogP contribution in [-0.2, 0) is 11.2 Å². The fourth-order valence-electron chi connectivity index (χ4n) is 1.74. The predicted molar refractivity (Wildman–Crippen MR) is 81.8 cm³/mol. The quantitative estimate of drug-likeness (QED) is 0.629. The van der Waals surface area contributed by atoms with Crippen LogP contribution in [0.2, 0.25) is 10.0 Å². The smallest absolute Gasteiger partial charge is 0.185 e. The number of halogens is 2. The van der Waals surface area contributed by atoms with Crippen LogP contribution in [0.1, 0.15) is 38.2 Å². The number of hydrogen-bond acceptors (Lipinski definition) is 2. The Bertz CT molecular complexity index is 373. The number of unbranched alkanes of at least 4 members (excludes halogenated alkanes) is 3. The van der Waals surface area contributed by atoms with E-state index in [2.05, 4.69) is 0 Å². The van der Waals surface area contributed by atoms with Gasteiger partial charge in [-0.25, -0.2) is 0 Å². The van der Waals surface area contributed by atoms with Crippen molar-refractivity contribution in [2.75, 3.05) is 5.75 Å². The Balaban J connectivity index is 2.16. The molecule has 0 aromatic heterocycles. The Hall–Kier alpha value is -0.180. The van der Waals surface area contributed by atoms with E-state index in [0.717, 1.165) is 53.5 Å². The molecule has 0 bridgehead atoms. The monoisotopic (exact) mass is 304 g/mol. The molecule has 0 spiro atoms. The Kier molecular flexibility index (Phi) is 7.80. The molecule has 0 aliphatic carbocycles. The van der Waals surface area contributed by atoms with Crippen molar-refractivity contribution < 1.29 is 4.79 Å². The van der Waals surface area contributed by atoms with Crippen LogP contribution in [0.15, 0.2) is 18.2 Å². The van der Waals surface area contributed by atoms with Gasteiger partial charge in [-0.2, -0.15) is 0 Å². The first-order valence-electron chi connectivity index (χ1n) is 6.17. The zero-order valence-electron chi connectivity index (χ0n) is 10.5. The summed E-state index contributed by atoms with van der Waals surface area (Å²) in [6, 6.07) is 5.63. The highest BCUT2D eigenvalue weighted by molar-refractivity contribution is 8.13. The minimum absolute atomic E-state index is 0.206. The Labute approximate surface area is 123 Å². The van der Waals surface area contributed by atoms with Crippen LogP contribution in [0.4, 0.5) is 0 Å². The number of carbonyl (C=O) groups is 1. The van der Waals surface area contributed by atoms with Crippen molar-refractivity contribution in [2.45, 2.75) is 39.0 Å². The molecule has 0 N–H and O–H groups in total. The van der Waals surface area contributed by atoms with Crippen LogP contribution in [0.3, 0.4) is 0 Å². The molecular weight excluding hydrogens is 287 g/mol. The van der Waals surface area contributed by atoms with Crippen molar-refractivity contribution in [3.63, 3.8) is 0 Å². The van der Waals surface area contributed by atoms with Gasteiger partial charge in [0.2, 0.25) is 0 Å². The van der Waals surface area contributed by atoms with E-state index < -0.39 is 0 Å². The van der Waals surface area contributed by atoms with E-state index >= 15 is 0 Å². The summed E-state index contributed by atoms with van der Waals surface area (Å²) in [5.74, 6) is 0.933. The number of rotatable bonds is 7. The van der Waals surface area contributed by atoms with Crippen LogP contribution < -0.4 is 0 Å². The van der Waals surface area contributed by atoms with Crippen molar-refractivity contribution in [1.82, 2.24) is 0 Å². The van der Waals surface area contributed by atoms with Gasteiger partial charge in [-0.1, -0.05) is 53.9 Å². The zero-order valence-corrected chi connectivity index (χ0v) is 12.9. The largest absolute Gasteiger partial charge is 0.288 e. The molecule has 0 fully saturated rings. The van der Waals surface area contributed by atoms with E-state index in [1.807, 2.05) is 18.2 Å². The van der Waals surface area contributed by atoms with Gasteiger partial charge >= 0.3 is 0 Å². The van der Waals surface area contributed by atoms with Gasteiger partial charge in [-0.05, 0) is 37.0 Å². The number of thioether (sulfide) groups is 1. The minimum atomic E-state index is 0.206. The topological polar surface area (TPSA) is 17.1 Å². The van der Waals surface area contributed by atoms with E-state index in [1.165, 1.54) is 11.8 Å². The Morgan fingerprint density at radius 1 is 1.11 bits per heavy atom. The van der Waals surface area contributed by atoms with E-state index in [4.69, 9.17) is 23.2 Å². The summed E-state index contributed by atoms with van der Waals surface area (Å²) in [4.78, 5) is 10.7. The molecule has 0 unspecified atom stereocenters. The molecule has 1 rings (SSSR count). The second-order valence-electron chi connectivity index (χ2n) is 4.20. The van der Waals surface area contributed by atoms with Gasteiger partial charge in [0.25, 0.3) is 0 Å². The third kappa shape index (κ3) is 6.12. The lowest BCUT2D eigenvalue weighted by atomic mass is 10.1. The van der Waals surface area contributed by atoms with Gasteiger partial charge in [0.1, 0.15) is 0 Å². The third-order valence-corrected chi connectivity index (χ3v) is 4.30. The molecule has 0 aliphatic heterocycles. The molecule has 0 saturated carbocycles. The highest BCUT2D eigenvalue weighted by Gasteiger charge is 2.04. The second kappa shape index (κ2) is 8.84. The molecule has 0 amide bonds. The van der Waals surface area contributed by atoms with E-state index in [-0.39, 0.29) is 5.12 Å². The lowest BCUT2D eigenvalue weighted by Crippen LogP contribution is -1.90. The second-order valence-corrected chi connectivity index (χ2v) is 6.29. The van der Waals surface area contributed by atoms with Gasteiger partial charge in [-0.15, -0.1) is 0 Å². The van der Waals surface area contributed by atoms with Crippen LogP contribution in [0.5, 0.6) is 0 Å². The first kappa shape index (κ1) is 15.9. The Morgan fingerprint density at radius 3 is 2.33 bits per heavy atom. The summed E-state index contributed by atoms with van der Waals surface area (Å²) in [6.07, 6.45) is 5.43. The molecule has 100 valence electrons. The van der Waals surface area contributed by atoms with Gasteiger partial charge in [0, 0.05) is 22.7 Å². The first-order valence-corrected chi connectivity index (χ1v) is 7.91. The van der Waals surface area contributed by atoms with Crippen molar-refractivity contribution >= 4 is 40.1 Å². The summed E-state index contributed by atoms with van der Waals surface area (Å²) < 4.78 is 0. The molecule has 1 aromatic carbocycles. The molecule has 0 saturated heterocycles. The molecule has 0 radical (unpaired) electrons. The highest BCUT2D eigenvalue weighted by atomic mass is 35.5. The standard InChI is InChI=1S/C14H18Cl2OS/c1-11(17)18-10-5-3-2-4-7-12-13(15)8-6-9-14(12)16/h6,8-9H,2-5,7,10H2,1H3. The fourth-order valence-corrected chi connectivity index (χ4v) is 2.97. The minimum Gasteiger partial charge on any atom is -0.288 e. The fraction of sp³-hybridized carbons (Fsp3) is 0.500. The molecule has 0 heterocycles. The SMILES string of the molecule is CC(=O)SCCCCCCc1c(Cl)cccc1Cl. The maximum atomic E-state index is 10.7. The van der Waals surface area contributed by atoms with Gasteiger partial charge in [0.15, 0.2) is 5.12 Å². The summed E-state index contributed by atoms with van der Waals surface area (Å²) >= 11 is 13.6. The highest BCUT2D eigenvalue weighted by Crippen LogP contribution is 2.26.